The predicted molar refractivity (Wildman–Crippen MR) is 109 cm³/mol. The fourth-order valence-corrected chi connectivity index (χ4v) is 4.89. The maximum absolute atomic E-state index is 12.4. The number of amides is 1. The van der Waals surface area contributed by atoms with E-state index in [2.05, 4.69) is 5.32 Å². The number of halogens is 1. The van der Waals surface area contributed by atoms with Crippen molar-refractivity contribution in [3.63, 3.8) is 0 Å². The summed E-state index contributed by atoms with van der Waals surface area (Å²) in [5.41, 5.74) is 2.20. The van der Waals surface area contributed by atoms with Crippen LogP contribution in [0.4, 0.5) is 5.69 Å². The fraction of sp³-hybridized carbons (Fsp3) is 0.350. The minimum Gasteiger partial charge on any atom is -0.352 e. The Morgan fingerprint density at radius 2 is 1.89 bits per heavy atom. The molecule has 1 amide bonds. The van der Waals surface area contributed by atoms with E-state index in [0.717, 1.165) is 19.3 Å². The lowest BCUT2D eigenvalue weighted by Gasteiger charge is -2.28. The Labute approximate surface area is 165 Å². The smallest absolute Gasteiger partial charge is 0.251 e. The van der Waals surface area contributed by atoms with E-state index < -0.39 is 10.0 Å². The highest BCUT2D eigenvalue weighted by Crippen LogP contribution is 2.24. The zero-order chi connectivity index (χ0) is 19.3. The number of nitrogens with zero attached hydrogens (tertiary/aromatic N) is 1. The standard InChI is InChI=1S/C20H23ClN2O3S/c21-18-10-8-16(9-11-18)5-4-12-22-20(24)17-6-3-7-19(15-17)23-13-1-2-14-27(23,25)26/h3,6-11,15H,1-2,4-5,12-14H2,(H,22,24). The van der Waals surface area contributed by atoms with E-state index in [4.69, 9.17) is 11.6 Å². The van der Waals surface area contributed by atoms with Crippen LogP contribution in [0.5, 0.6) is 0 Å². The summed E-state index contributed by atoms with van der Waals surface area (Å²) in [6.07, 6.45) is 3.18. The minimum atomic E-state index is -3.28. The average molecular weight is 407 g/mol. The van der Waals surface area contributed by atoms with Crippen LogP contribution >= 0.6 is 11.6 Å². The molecular weight excluding hydrogens is 384 g/mol. The van der Waals surface area contributed by atoms with Crippen molar-refractivity contribution >= 4 is 33.2 Å². The third-order valence-corrected chi connectivity index (χ3v) is 6.71. The summed E-state index contributed by atoms with van der Waals surface area (Å²) in [5, 5.41) is 3.61. The highest BCUT2D eigenvalue weighted by atomic mass is 35.5. The fourth-order valence-electron chi connectivity index (χ4n) is 3.13. The summed E-state index contributed by atoms with van der Waals surface area (Å²) in [6, 6.07) is 14.5. The summed E-state index contributed by atoms with van der Waals surface area (Å²) in [6.45, 7) is 1.02. The van der Waals surface area contributed by atoms with E-state index in [1.807, 2.05) is 24.3 Å². The maximum atomic E-state index is 12.4. The van der Waals surface area contributed by atoms with Gasteiger partial charge in [0.05, 0.1) is 11.4 Å². The molecule has 0 bridgehead atoms. The van der Waals surface area contributed by atoms with Gasteiger partial charge >= 0.3 is 0 Å². The molecule has 3 rings (SSSR count). The first-order valence-corrected chi connectivity index (χ1v) is 11.1. The van der Waals surface area contributed by atoms with E-state index >= 15 is 0 Å². The van der Waals surface area contributed by atoms with Crippen LogP contribution in [0.2, 0.25) is 5.02 Å². The van der Waals surface area contributed by atoms with Crippen molar-refractivity contribution in [1.82, 2.24) is 5.32 Å². The number of rotatable bonds is 6. The molecule has 0 unspecified atom stereocenters. The van der Waals surface area contributed by atoms with Crippen LogP contribution in [0, 0.1) is 0 Å². The molecule has 0 spiro atoms. The first kappa shape index (κ1) is 19.7. The molecule has 1 fully saturated rings. The molecule has 0 aliphatic carbocycles. The minimum absolute atomic E-state index is 0.161. The molecule has 2 aromatic rings. The molecule has 1 saturated heterocycles. The molecule has 2 aromatic carbocycles. The molecule has 0 saturated carbocycles. The zero-order valence-corrected chi connectivity index (χ0v) is 16.6. The summed E-state index contributed by atoms with van der Waals surface area (Å²) < 4.78 is 25.9. The lowest BCUT2D eigenvalue weighted by molar-refractivity contribution is 0.0953. The second kappa shape index (κ2) is 8.76. The summed E-state index contributed by atoms with van der Waals surface area (Å²) >= 11 is 5.87. The first-order chi connectivity index (χ1) is 13.0. The van der Waals surface area contributed by atoms with Gasteiger partial charge in [0.2, 0.25) is 10.0 Å². The average Bonchev–Trinajstić information content (AvgIpc) is 2.66. The van der Waals surface area contributed by atoms with E-state index in [-0.39, 0.29) is 11.7 Å². The summed E-state index contributed by atoms with van der Waals surface area (Å²) in [4.78, 5) is 12.4. The van der Waals surface area contributed by atoms with E-state index in [1.165, 1.54) is 9.87 Å². The molecular formula is C20H23ClN2O3S. The lowest BCUT2D eigenvalue weighted by atomic mass is 10.1. The normalized spacial score (nSPS) is 16.1. The highest BCUT2D eigenvalue weighted by Gasteiger charge is 2.26. The number of benzene rings is 2. The van der Waals surface area contributed by atoms with Gasteiger partial charge in [-0.2, -0.15) is 0 Å². The highest BCUT2D eigenvalue weighted by molar-refractivity contribution is 7.92. The molecule has 1 heterocycles. The Morgan fingerprint density at radius 3 is 2.63 bits per heavy atom. The Balaban J connectivity index is 1.56. The van der Waals surface area contributed by atoms with Gasteiger partial charge < -0.3 is 5.32 Å². The maximum Gasteiger partial charge on any atom is 0.251 e. The quantitative estimate of drug-likeness (QED) is 0.745. The van der Waals surface area contributed by atoms with Gasteiger partial charge in [0.25, 0.3) is 5.91 Å². The van der Waals surface area contributed by atoms with Gasteiger partial charge in [-0.05, 0) is 61.6 Å². The van der Waals surface area contributed by atoms with Gasteiger partial charge in [0.15, 0.2) is 0 Å². The van der Waals surface area contributed by atoms with Crippen LogP contribution in [0.15, 0.2) is 48.5 Å². The topological polar surface area (TPSA) is 66.5 Å². The molecule has 7 heteroatoms. The molecule has 1 aliphatic rings. The third kappa shape index (κ3) is 5.23. The second-order valence-electron chi connectivity index (χ2n) is 6.63. The van der Waals surface area contributed by atoms with Crippen LogP contribution in [0.25, 0.3) is 0 Å². The van der Waals surface area contributed by atoms with Crippen LogP contribution < -0.4 is 9.62 Å². The second-order valence-corrected chi connectivity index (χ2v) is 9.08. The van der Waals surface area contributed by atoms with Gasteiger partial charge in [0.1, 0.15) is 0 Å². The molecule has 1 aliphatic heterocycles. The van der Waals surface area contributed by atoms with E-state index in [0.29, 0.717) is 35.8 Å². The van der Waals surface area contributed by atoms with Crippen molar-refractivity contribution in [2.75, 3.05) is 23.1 Å². The molecule has 0 aromatic heterocycles. The number of hydrogen-bond acceptors (Lipinski definition) is 3. The number of aryl methyl sites for hydroxylation is 1. The van der Waals surface area contributed by atoms with E-state index in [1.54, 1.807) is 24.3 Å². The van der Waals surface area contributed by atoms with Crippen molar-refractivity contribution in [2.24, 2.45) is 0 Å². The van der Waals surface area contributed by atoms with Gasteiger partial charge in [-0.15, -0.1) is 0 Å². The van der Waals surface area contributed by atoms with Crippen molar-refractivity contribution in [3.8, 4) is 0 Å². The molecule has 0 radical (unpaired) electrons. The number of hydrogen-bond donors (Lipinski definition) is 1. The summed E-state index contributed by atoms with van der Waals surface area (Å²) in [7, 11) is -3.28. The molecule has 0 atom stereocenters. The number of anilines is 1. The van der Waals surface area contributed by atoms with Gasteiger partial charge in [-0.25, -0.2) is 8.42 Å². The first-order valence-electron chi connectivity index (χ1n) is 9.09. The van der Waals surface area contributed by atoms with Crippen LogP contribution in [-0.4, -0.2) is 33.2 Å². The van der Waals surface area contributed by atoms with Crippen molar-refractivity contribution in [1.29, 1.82) is 0 Å². The number of carbonyl (C=O) groups is 1. The zero-order valence-electron chi connectivity index (χ0n) is 15.0. The molecule has 144 valence electrons. The summed E-state index contributed by atoms with van der Waals surface area (Å²) in [5.74, 6) is -0.0314. The van der Waals surface area contributed by atoms with Crippen molar-refractivity contribution in [3.05, 3.63) is 64.7 Å². The Morgan fingerprint density at radius 1 is 1.11 bits per heavy atom. The molecule has 1 N–H and O–H groups in total. The number of sulfonamides is 1. The van der Waals surface area contributed by atoms with Crippen molar-refractivity contribution < 1.29 is 13.2 Å². The van der Waals surface area contributed by atoms with Crippen molar-refractivity contribution in [2.45, 2.75) is 25.7 Å². The Kier molecular flexibility index (Phi) is 6.39. The monoisotopic (exact) mass is 406 g/mol. The Bertz CT molecular complexity index is 898. The third-order valence-electron chi connectivity index (χ3n) is 4.59. The largest absolute Gasteiger partial charge is 0.352 e. The lowest BCUT2D eigenvalue weighted by Crippen LogP contribution is -2.38. The number of carbonyl (C=O) groups excluding carboxylic acids is 1. The van der Waals surface area contributed by atoms with Gasteiger partial charge in [0, 0.05) is 23.7 Å². The van der Waals surface area contributed by atoms with Crippen LogP contribution in [-0.2, 0) is 16.4 Å². The number of nitrogens with one attached hydrogen (secondary N) is 1. The van der Waals surface area contributed by atoms with Gasteiger partial charge in [-0.3, -0.25) is 9.10 Å². The van der Waals surface area contributed by atoms with Gasteiger partial charge in [-0.1, -0.05) is 29.8 Å². The van der Waals surface area contributed by atoms with Crippen LogP contribution in [0.3, 0.4) is 0 Å². The Hall–Kier alpha value is -2.05. The SMILES string of the molecule is O=C(NCCCc1ccc(Cl)cc1)c1cccc(N2CCCCS2(=O)=O)c1. The van der Waals surface area contributed by atoms with Crippen LogP contribution in [0.1, 0.15) is 35.2 Å². The molecule has 27 heavy (non-hydrogen) atoms. The van der Waals surface area contributed by atoms with E-state index in [9.17, 15) is 13.2 Å². The predicted octanol–water partition coefficient (Wildman–Crippen LogP) is 3.63. The molecule has 5 nitrogen and oxygen atoms in total.